The molecule has 0 aromatic carbocycles. The molecule has 0 bridgehead atoms. The van der Waals surface area contributed by atoms with Crippen molar-refractivity contribution in [3.05, 3.63) is 21.9 Å². The lowest BCUT2D eigenvalue weighted by atomic mass is 9.71. The summed E-state index contributed by atoms with van der Waals surface area (Å²) in [5.41, 5.74) is 7.53. The van der Waals surface area contributed by atoms with E-state index in [4.69, 9.17) is 5.73 Å². The molecule has 1 atom stereocenters. The van der Waals surface area contributed by atoms with Gasteiger partial charge in [-0.1, -0.05) is 26.2 Å². The maximum absolute atomic E-state index is 13.0. The summed E-state index contributed by atoms with van der Waals surface area (Å²) in [5, 5.41) is 2.17. The lowest BCUT2D eigenvalue weighted by Crippen LogP contribution is -2.44. The lowest BCUT2D eigenvalue weighted by Gasteiger charge is -2.40. The van der Waals surface area contributed by atoms with Crippen molar-refractivity contribution in [2.45, 2.75) is 64.3 Å². The van der Waals surface area contributed by atoms with E-state index in [1.54, 1.807) is 0 Å². The van der Waals surface area contributed by atoms with Crippen LogP contribution in [0.15, 0.2) is 11.4 Å². The number of thiophene rings is 1. The predicted molar refractivity (Wildman–Crippen MR) is 92.0 cm³/mol. The molecule has 1 aromatic rings. The Labute approximate surface area is 137 Å². The fourth-order valence-corrected chi connectivity index (χ4v) is 5.24. The molecule has 1 aliphatic carbocycles. The molecule has 1 amide bonds. The van der Waals surface area contributed by atoms with Gasteiger partial charge in [0.05, 0.1) is 6.04 Å². The lowest BCUT2D eigenvalue weighted by molar-refractivity contribution is -0.137. The molecular weight excluding hydrogens is 292 g/mol. The summed E-state index contributed by atoms with van der Waals surface area (Å²) in [4.78, 5) is 16.6. The molecule has 1 fully saturated rings. The van der Waals surface area contributed by atoms with Crippen molar-refractivity contribution in [2.75, 3.05) is 13.1 Å². The van der Waals surface area contributed by atoms with Crippen molar-refractivity contribution < 1.29 is 4.79 Å². The number of carbonyl (C=O) groups excluding carboxylic acids is 1. The van der Waals surface area contributed by atoms with E-state index in [9.17, 15) is 4.79 Å². The number of fused-ring (bicyclic) bond motifs is 1. The van der Waals surface area contributed by atoms with Crippen molar-refractivity contribution in [3.8, 4) is 0 Å². The van der Waals surface area contributed by atoms with E-state index < -0.39 is 0 Å². The molecule has 4 heteroatoms. The average molecular weight is 321 g/mol. The van der Waals surface area contributed by atoms with Gasteiger partial charge in [0.15, 0.2) is 0 Å². The smallest absolute Gasteiger partial charge is 0.223 e. The summed E-state index contributed by atoms with van der Waals surface area (Å²) in [7, 11) is 0. The van der Waals surface area contributed by atoms with Gasteiger partial charge in [0, 0.05) is 17.8 Å². The molecule has 1 aliphatic heterocycles. The molecule has 1 saturated carbocycles. The van der Waals surface area contributed by atoms with E-state index in [1.165, 1.54) is 29.7 Å². The molecule has 2 heterocycles. The summed E-state index contributed by atoms with van der Waals surface area (Å²) >= 11 is 1.84. The number of hydrogen-bond acceptors (Lipinski definition) is 3. The Bertz CT molecular complexity index is 519. The topological polar surface area (TPSA) is 46.3 Å². The highest BCUT2D eigenvalue weighted by atomic mass is 32.1. The van der Waals surface area contributed by atoms with E-state index >= 15 is 0 Å². The first-order valence-corrected chi connectivity index (χ1v) is 9.63. The van der Waals surface area contributed by atoms with Gasteiger partial charge in [0.25, 0.3) is 0 Å². The van der Waals surface area contributed by atoms with Crippen LogP contribution >= 0.6 is 11.3 Å². The Hall–Kier alpha value is -0.870. The number of carbonyl (C=O) groups is 1. The van der Waals surface area contributed by atoms with Gasteiger partial charge in [-0.15, -0.1) is 11.3 Å². The monoisotopic (exact) mass is 320 g/mol. The summed E-state index contributed by atoms with van der Waals surface area (Å²) in [6.45, 7) is 3.73. The third-order valence-electron chi connectivity index (χ3n) is 5.68. The number of nitrogens with zero attached hydrogens (tertiary/aromatic N) is 1. The van der Waals surface area contributed by atoms with Crippen LogP contribution in [0.25, 0.3) is 0 Å². The molecule has 1 aromatic heterocycles. The van der Waals surface area contributed by atoms with E-state index in [1.807, 2.05) is 11.3 Å². The summed E-state index contributed by atoms with van der Waals surface area (Å²) < 4.78 is 0. The van der Waals surface area contributed by atoms with Crippen molar-refractivity contribution in [1.29, 1.82) is 0 Å². The standard InChI is InChI=1S/C18H28N2OS/c1-2-15-14-7-11-22-16(14)6-10-20(15)17(21)12-18(13-19)8-4-3-5-9-18/h7,11,15H,2-6,8-10,12-13,19H2,1H3. The quantitative estimate of drug-likeness (QED) is 0.915. The highest BCUT2D eigenvalue weighted by Crippen LogP contribution is 2.41. The van der Waals surface area contributed by atoms with Crippen molar-refractivity contribution in [1.82, 2.24) is 4.90 Å². The fourth-order valence-electron chi connectivity index (χ4n) is 4.31. The second-order valence-corrected chi connectivity index (χ2v) is 8.00. The van der Waals surface area contributed by atoms with Crippen molar-refractivity contribution >= 4 is 17.2 Å². The zero-order valence-electron chi connectivity index (χ0n) is 13.6. The van der Waals surface area contributed by atoms with Gasteiger partial charge in [-0.05, 0) is 54.7 Å². The summed E-state index contributed by atoms with van der Waals surface area (Å²) in [6.07, 6.45) is 8.70. The van der Waals surface area contributed by atoms with Crippen LogP contribution in [0.4, 0.5) is 0 Å². The zero-order valence-corrected chi connectivity index (χ0v) is 14.5. The largest absolute Gasteiger partial charge is 0.335 e. The number of hydrogen-bond donors (Lipinski definition) is 1. The van der Waals surface area contributed by atoms with Gasteiger partial charge >= 0.3 is 0 Å². The molecule has 3 rings (SSSR count). The molecule has 2 N–H and O–H groups in total. The van der Waals surface area contributed by atoms with E-state index in [2.05, 4.69) is 23.3 Å². The number of rotatable bonds is 4. The second-order valence-electron chi connectivity index (χ2n) is 7.00. The Morgan fingerprint density at radius 3 is 2.86 bits per heavy atom. The number of amides is 1. The van der Waals surface area contributed by atoms with E-state index in [-0.39, 0.29) is 11.5 Å². The predicted octanol–water partition coefficient (Wildman–Crippen LogP) is 3.88. The van der Waals surface area contributed by atoms with Crippen LogP contribution in [-0.2, 0) is 11.2 Å². The van der Waals surface area contributed by atoms with Gasteiger partial charge in [-0.25, -0.2) is 0 Å². The van der Waals surface area contributed by atoms with Gasteiger partial charge in [0.2, 0.25) is 5.91 Å². The minimum atomic E-state index is 0.0720. The SMILES string of the molecule is CCC1c2ccsc2CCN1C(=O)CC1(CN)CCCCC1. The molecule has 0 radical (unpaired) electrons. The highest BCUT2D eigenvalue weighted by molar-refractivity contribution is 7.10. The van der Waals surface area contributed by atoms with Crippen LogP contribution in [0.2, 0.25) is 0 Å². The Kier molecular flexibility index (Phi) is 4.88. The van der Waals surface area contributed by atoms with Gasteiger partial charge in [0.1, 0.15) is 0 Å². The van der Waals surface area contributed by atoms with Crippen LogP contribution < -0.4 is 5.73 Å². The van der Waals surface area contributed by atoms with E-state index in [0.29, 0.717) is 18.9 Å². The van der Waals surface area contributed by atoms with Crippen LogP contribution in [0.1, 0.15) is 68.4 Å². The fraction of sp³-hybridized carbons (Fsp3) is 0.722. The minimum Gasteiger partial charge on any atom is -0.335 e. The van der Waals surface area contributed by atoms with E-state index in [0.717, 1.165) is 32.2 Å². The molecule has 2 aliphatic rings. The highest BCUT2D eigenvalue weighted by Gasteiger charge is 2.37. The van der Waals surface area contributed by atoms with Gasteiger partial charge < -0.3 is 10.6 Å². The molecular formula is C18H28N2OS. The molecule has 3 nitrogen and oxygen atoms in total. The second kappa shape index (κ2) is 6.71. The molecule has 0 saturated heterocycles. The average Bonchev–Trinajstić information content (AvgIpc) is 3.03. The molecule has 1 unspecified atom stereocenters. The molecule has 122 valence electrons. The first-order chi connectivity index (χ1) is 10.7. The minimum absolute atomic E-state index is 0.0720. The Morgan fingerprint density at radius 1 is 1.41 bits per heavy atom. The first-order valence-electron chi connectivity index (χ1n) is 8.75. The van der Waals surface area contributed by atoms with Crippen LogP contribution in [0.3, 0.4) is 0 Å². The van der Waals surface area contributed by atoms with Crippen LogP contribution in [0.5, 0.6) is 0 Å². The third-order valence-corrected chi connectivity index (χ3v) is 6.67. The van der Waals surface area contributed by atoms with Gasteiger partial charge in [-0.3, -0.25) is 4.79 Å². The zero-order chi connectivity index (χ0) is 15.6. The van der Waals surface area contributed by atoms with Gasteiger partial charge in [-0.2, -0.15) is 0 Å². The Morgan fingerprint density at radius 2 is 2.18 bits per heavy atom. The van der Waals surface area contributed by atoms with Crippen LogP contribution in [0, 0.1) is 5.41 Å². The third kappa shape index (κ3) is 2.95. The molecule has 0 spiro atoms. The Balaban J connectivity index is 1.74. The van der Waals surface area contributed by atoms with Crippen molar-refractivity contribution in [2.24, 2.45) is 11.1 Å². The maximum atomic E-state index is 13.0. The van der Waals surface area contributed by atoms with Crippen LogP contribution in [-0.4, -0.2) is 23.9 Å². The summed E-state index contributed by atoms with van der Waals surface area (Å²) in [6, 6.07) is 2.49. The maximum Gasteiger partial charge on any atom is 0.223 e. The van der Waals surface area contributed by atoms with Crippen molar-refractivity contribution in [3.63, 3.8) is 0 Å². The normalized spacial score (nSPS) is 24.1. The number of nitrogens with two attached hydrogens (primary N) is 1. The summed E-state index contributed by atoms with van der Waals surface area (Å²) in [5.74, 6) is 0.330. The molecule has 22 heavy (non-hydrogen) atoms. The first kappa shape index (κ1) is 16.0.